The summed E-state index contributed by atoms with van der Waals surface area (Å²) in [5.74, 6) is 0.0213. The highest BCUT2D eigenvalue weighted by molar-refractivity contribution is 8.00. The lowest BCUT2D eigenvalue weighted by atomic mass is 10.2. The highest BCUT2D eigenvalue weighted by Crippen LogP contribution is 2.23. The van der Waals surface area contributed by atoms with E-state index in [1.165, 1.54) is 11.8 Å². The molecule has 0 aromatic heterocycles. The molecule has 0 saturated heterocycles. The Morgan fingerprint density at radius 3 is 3.06 bits per heavy atom. The first-order valence-electron chi connectivity index (χ1n) is 5.51. The summed E-state index contributed by atoms with van der Waals surface area (Å²) < 4.78 is 0. The van der Waals surface area contributed by atoms with E-state index in [1.807, 2.05) is 31.2 Å². The number of carbonyl (C=O) groups excluding carboxylic acids is 1. The van der Waals surface area contributed by atoms with Gasteiger partial charge in [0, 0.05) is 18.0 Å². The number of nitrogens with one attached hydrogen (secondary N) is 1. The molecule has 1 aromatic rings. The van der Waals surface area contributed by atoms with Crippen molar-refractivity contribution in [3.05, 3.63) is 42.5 Å². The van der Waals surface area contributed by atoms with Gasteiger partial charge in [0.15, 0.2) is 0 Å². The van der Waals surface area contributed by atoms with Gasteiger partial charge >= 0.3 is 0 Å². The molecule has 1 amide bonds. The molecule has 0 aliphatic rings. The van der Waals surface area contributed by atoms with Crippen molar-refractivity contribution in [2.75, 3.05) is 6.54 Å². The molecular formula is C13H18N2OS. The molecule has 3 nitrogen and oxygen atoms in total. The number of nitrogens with two attached hydrogens (primary N) is 1. The lowest BCUT2D eigenvalue weighted by Crippen LogP contribution is -2.30. The second-order valence-electron chi connectivity index (χ2n) is 3.65. The first kappa shape index (κ1) is 13.8. The maximum absolute atomic E-state index is 11.7. The third-order valence-electron chi connectivity index (χ3n) is 2.24. The predicted octanol–water partition coefficient (Wildman–Crippen LogP) is 1.93. The number of hydrogen-bond acceptors (Lipinski definition) is 3. The van der Waals surface area contributed by atoms with Gasteiger partial charge in [0.1, 0.15) is 0 Å². The van der Waals surface area contributed by atoms with Crippen LogP contribution in [0.25, 0.3) is 0 Å². The second-order valence-corrected chi connectivity index (χ2v) is 5.06. The molecule has 0 bridgehead atoms. The van der Waals surface area contributed by atoms with E-state index in [0.29, 0.717) is 13.1 Å². The topological polar surface area (TPSA) is 55.1 Å². The number of rotatable bonds is 6. The van der Waals surface area contributed by atoms with Crippen LogP contribution in [0.3, 0.4) is 0 Å². The first-order chi connectivity index (χ1) is 8.17. The standard InChI is InChI=1S/C13H18N2OS/c1-3-7-15-13(16)10(2)17-12-6-4-5-11(8-12)9-14/h3-6,8,10H,1,7,9,14H2,2H3,(H,15,16). The minimum Gasteiger partial charge on any atom is -0.352 e. The lowest BCUT2D eigenvalue weighted by molar-refractivity contribution is -0.120. The van der Waals surface area contributed by atoms with Crippen LogP contribution in [0, 0.1) is 0 Å². The Morgan fingerprint density at radius 2 is 2.41 bits per heavy atom. The van der Waals surface area contributed by atoms with Crippen molar-refractivity contribution in [3.63, 3.8) is 0 Å². The Labute approximate surface area is 106 Å². The average molecular weight is 250 g/mol. The normalized spacial score (nSPS) is 11.9. The molecule has 0 radical (unpaired) electrons. The molecule has 0 aliphatic carbocycles. The van der Waals surface area contributed by atoms with Gasteiger partial charge < -0.3 is 11.1 Å². The van der Waals surface area contributed by atoms with Crippen LogP contribution in [0.2, 0.25) is 0 Å². The lowest BCUT2D eigenvalue weighted by Gasteiger charge is -2.11. The summed E-state index contributed by atoms with van der Waals surface area (Å²) in [7, 11) is 0. The zero-order chi connectivity index (χ0) is 12.7. The van der Waals surface area contributed by atoms with Crippen LogP contribution >= 0.6 is 11.8 Å². The van der Waals surface area contributed by atoms with Crippen LogP contribution < -0.4 is 11.1 Å². The number of benzene rings is 1. The molecule has 0 saturated carbocycles. The number of amides is 1. The SMILES string of the molecule is C=CCNC(=O)C(C)Sc1cccc(CN)c1. The molecule has 0 spiro atoms. The average Bonchev–Trinajstić information content (AvgIpc) is 2.36. The van der Waals surface area contributed by atoms with Gasteiger partial charge in [-0.25, -0.2) is 0 Å². The summed E-state index contributed by atoms with van der Waals surface area (Å²) >= 11 is 1.53. The number of thioether (sulfide) groups is 1. The molecule has 1 atom stereocenters. The molecule has 1 aromatic carbocycles. The Morgan fingerprint density at radius 1 is 1.65 bits per heavy atom. The van der Waals surface area contributed by atoms with Gasteiger partial charge in [-0.15, -0.1) is 18.3 Å². The summed E-state index contributed by atoms with van der Waals surface area (Å²) in [6.07, 6.45) is 1.67. The van der Waals surface area contributed by atoms with Crippen molar-refractivity contribution in [2.45, 2.75) is 23.6 Å². The first-order valence-corrected chi connectivity index (χ1v) is 6.39. The smallest absolute Gasteiger partial charge is 0.233 e. The van der Waals surface area contributed by atoms with Gasteiger partial charge in [0.05, 0.1) is 5.25 Å². The van der Waals surface area contributed by atoms with Crippen molar-refractivity contribution < 1.29 is 4.79 Å². The molecule has 92 valence electrons. The maximum Gasteiger partial charge on any atom is 0.233 e. The van der Waals surface area contributed by atoms with Crippen LogP contribution in [-0.2, 0) is 11.3 Å². The molecule has 17 heavy (non-hydrogen) atoms. The van der Waals surface area contributed by atoms with Crippen molar-refractivity contribution in [1.82, 2.24) is 5.32 Å². The van der Waals surface area contributed by atoms with E-state index >= 15 is 0 Å². The minimum absolute atomic E-state index is 0.0213. The molecule has 1 unspecified atom stereocenters. The number of carbonyl (C=O) groups is 1. The largest absolute Gasteiger partial charge is 0.352 e. The summed E-state index contributed by atoms with van der Waals surface area (Å²) in [6, 6.07) is 7.94. The summed E-state index contributed by atoms with van der Waals surface area (Å²) in [5.41, 5.74) is 6.65. The van der Waals surface area contributed by atoms with Crippen molar-refractivity contribution in [1.29, 1.82) is 0 Å². The van der Waals surface area contributed by atoms with E-state index in [1.54, 1.807) is 6.08 Å². The van der Waals surface area contributed by atoms with Crippen LogP contribution in [0.1, 0.15) is 12.5 Å². The quantitative estimate of drug-likeness (QED) is 0.599. The van der Waals surface area contributed by atoms with Gasteiger partial charge in [0.2, 0.25) is 5.91 Å². The highest BCUT2D eigenvalue weighted by atomic mass is 32.2. The van der Waals surface area contributed by atoms with Crippen LogP contribution in [0.15, 0.2) is 41.8 Å². The molecule has 3 N–H and O–H groups in total. The van der Waals surface area contributed by atoms with Gasteiger partial charge in [-0.2, -0.15) is 0 Å². The van der Waals surface area contributed by atoms with Gasteiger partial charge in [-0.3, -0.25) is 4.79 Å². The van der Waals surface area contributed by atoms with Gasteiger partial charge in [0.25, 0.3) is 0 Å². The van der Waals surface area contributed by atoms with Crippen LogP contribution in [0.5, 0.6) is 0 Å². The van der Waals surface area contributed by atoms with E-state index in [4.69, 9.17) is 5.73 Å². The Kier molecular flexibility index (Phi) is 5.80. The fourth-order valence-corrected chi connectivity index (χ4v) is 2.30. The van der Waals surface area contributed by atoms with Gasteiger partial charge in [-0.05, 0) is 24.6 Å². The summed E-state index contributed by atoms with van der Waals surface area (Å²) in [4.78, 5) is 12.7. The zero-order valence-corrected chi connectivity index (χ0v) is 10.8. The van der Waals surface area contributed by atoms with E-state index in [0.717, 1.165) is 10.5 Å². The molecule has 0 aliphatic heterocycles. The fraction of sp³-hybridized carbons (Fsp3) is 0.308. The fourth-order valence-electron chi connectivity index (χ4n) is 1.32. The molecule has 0 fully saturated rings. The summed E-state index contributed by atoms with van der Waals surface area (Å²) in [5, 5.41) is 2.66. The Hall–Kier alpha value is -1.26. The number of hydrogen-bond donors (Lipinski definition) is 2. The van der Waals surface area contributed by atoms with E-state index in [9.17, 15) is 4.79 Å². The zero-order valence-electron chi connectivity index (χ0n) is 9.98. The molecule has 1 rings (SSSR count). The molecule has 4 heteroatoms. The third-order valence-corrected chi connectivity index (χ3v) is 3.33. The van der Waals surface area contributed by atoms with Crippen LogP contribution in [0.4, 0.5) is 0 Å². The van der Waals surface area contributed by atoms with E-state index in [2.05, 4.69) is 11.9 Å². The van der Waals surface area contributed by atoms with E-state index < -0.39 is 0 Å². The predicted molar refractivity (Wildman–Crippen MR) is 72.9 cm³/mol. The Balaban J connectivity index is 2.57. The second kappa shape index (κ2) is 7.14. The monoisotopic (exact) mass is 250 g/mol. The van der Waals surface area contributed by atoms with E-state index in [-0.39, 0.29) is 11.2 Å². The maximum atomic E-state index is 11.7. The van der Waals surface area contributed by atoms with Crippen molar-refractivity contribution >= 4 is 17.7 Å². The minimum atomic E-state index is -0.122. The molecule has 0 heterocycles. The van der Waals surface area contributed by atoms with Crippen molar-refractivity contribution in [2.24, 2.45) is 5.73 Å². The molecular weight excluding hydrogens is 232 g/mol. The van der Waals surface area contributed by atoms with Crippen LogP contribution in [-0.4, -0.2) is 17.7 Å². The Bertz CT molecular complexity index is 393. The summed E-state index contributed by atoms with van der Waals surface area (Å²) in [6.45, 7) is 6.48. The third kappa shape index (κ3) is 4.63. The highest BCUT2D eigenvalue weighted by Gasteiger charge is 2.13. The van der Waals surface area contributed by atoms with Gasteiger partial charge in [-0.1, -0.05) is 18.2 Å². The van der Waals surface area contributed by atoms with Crippen molar-refractivity contribution in [3.8, 4) is 0 Å².